The molecule has 0 saturated heterocycles. The molecule has 13 heteroatoms. The summed E-state index contributed by atoms with van der Waals surface area (Å²) in [6.45, 7) is 0.671. The fourth-order valence-corrected chi connectivity index (χ4v) is 4.66. The Labute approximate surface area is 244 Å². The zero-order valence-corrected chi connectivity index (χ0v) is 23.9. The van der Waals surface area contributed by atoms with Gasteiger partial charge in [0.25, 0.3) is 5.91 Å². The topological polar surface area (TPSA) is 166 Å². The first-order valence-corrected chi connectivity index (χ1v) is 13.1. The van der Waals surface area contributed by atoms with Crippen LogP contribution in [0.25, 0.3) is 10.9 Å². The number of carbonyl (C=O) groups excluding carboxylic acids is 2. The largest absolute Gasteiger partial charge is 0.369 e. The van der Waals surface area contributed by atoms with Gasteiger partial charge in [0.1, 0.15) is 18.7 Å². The van der Waals surface area contributed by atoms with Gasteiger partial charge in [0.05, 0.1) is 50.8 Å². The Hall–Kier alpha value is -4.80. The lowest BCUT2D eigenvalue weighted by molar-refractivity contribution is -0.880. The third-order valence-corrected chi connectivity index (χ3v) is 6.93. The van der Waals surface area contributed by atoms with Crippen LogP contribution in [0.5, 0.6) is 0 Å². The molecule has 1 aromatic carbocycles. The van der Waals surface area contributed by atoms with E-state index in [1.807, 2.05) is 32.3 Å². The van der Waals surface area contributed by atoms with Crippen LogP contribution in [0, 0.1) is 22.5 Å². The number of terminal acetylenes is 1. The van der Waals surface area contributed by atoms with Crippen LogP contribution in [0.1, 0.15) is 17.7 Å². The molecule has 208 valence electrons. The molecule has 0 aliphatic carbocycles. The molecule has 1 aliphatic heterocycles. The second-order valence-electron chi connectivity index (χ2n) is 9.98. The lowest BCUT2D eigenvalue weighted by Crippen LogP contribution is -2.41. The summed E-state index contributed by atoms with van der Waals surface area (Å²) in [6.07, 6.45) is 11.9. The average Bonchev–Trinajstić information content (AvgIpc) is 3.33. The number of aliphatic imine (C=N–C) groups is 1. The van der Waals surface area contributed by atoms with Gasteiger partial charge in [-0.05, 0) is 62.3 Å². The number of primary amides is 1. The third kappa shape index (κ3) is 7.24. The summed E-state index contributed by atoms with van der Waals surface area (Å²) in [5.41, 5.74) is 8.23. The number of fused-ring (bicyclic) bond motifs is 1. The number of nitrogens with one attached hydrogen (secondary N) is 1. The highest BCUT2D eigenvalue weighted by atomic mass is 79.9. The molecule has 0 saturated carbocycles. The van der Waals surface area contributed by atoms with Crippen LogP contribution in [-0.2, 0) is 16.0 Å². The van der Waals surface area contributed by atoms with Crippen molar-refractivity contribution in [2.24, 2.45) is 10.7 Å². The SMILES string of the molecule is C#Cc1cc(Nc2ncnc3cnc(CC(=O)/C=C/C[N+](C)(C)CC4=C([N+](=O)[O-])N=C(C(N)=O)C4)cc23)ccc1Br. The van der Waals surface area contributed by atoms with Gasteiger partial charge in [-0.3, -0.25) is 14.6 Å². The van der Waals surface area contributed by atoms with Crippen LogP contribution in [0.15, 0.2) is 69.8 Å². The van der Waals surface area contributed by atoms with Gasteiger partial charge >= 0.3 is 5.82 Å². The predicted molar refractivity (Wildman–Crippen MR) is 158 cm³/mol. The standard InChI is InChI=1S/C28H25BrN8O4/c1-4-17-10-19(7-8-23(17)29)34-27-22-13-20(31-14-25(22)32-16-33-27)12-21(38)6-5-9-37(2,3)15-18-11-24(26(30)39)35-28(18)36(40)41/h1,5-8,10,13-14,16H,9,11-12,15H2,2-3H3,(H2-,30,32,33,34,39)/p+1/b6-5+. The van der Waals surface area contributed by atoms with Crippen molar-refractivity contribution in [1.82, 2.24) is 15.0 Å². The molecule has 12 nitrogen and oxygen atoms in total. The number of hydrogen-bond acceptors (Lipinski definition) is 9. The summed E-state index contributed by atoms with van der Waals surface area (Å²) in [7, 11) is 3.72. The first-order chi connectivity index (χ1) is 19.5. The van der Waals surface area contributed by atoms with Crippen molar-refractivity contribution in [1.29, 1.82) is 0 Å². The minimum absolute atomic E-state index is 0.0294. The van der Waals surface area contributed by atoms with Crippen molar-refractivity contribution in [2.45, 2.75) is 12.8 Å². The number of halogens is 1. The number of allylic oxidation sites excluding steroid dienone is 1. The van der Waals surface area contributed by atoms with E-state index in [1.165, 1.54) is 12.4 Å². The highest BCUT2D eigenvalue weighted by Crippen LogP contribution is 2.27. The van der Waals surface area contributed by atoms with E-state index < -0.39 is 10.8 Å². The summed E-state index contributed by atoms with van der Waals surface area (Å²) in [6, 6.07) is 7.29. The Kier molecular flexibility index (Phi) is 8.65. The number of likely N-dealkylation sites (N-methyl/N-ethyl adjacent to an activating group) is 1. The van der Waals surface area contributed by atoms with E-state index in [-0.39, 0.29) is 36.7 Å². The second-order valence-corrected chi connectivity index (χ2v) is 10.8. The Bertz CT molecular complexity index is 1700. The van der Waals surface area contributed by atoms with E-state index in [0.29, 0.717) is 44.6 Å². The summed E-state index contributed by atoms with van der Waals surface area (Å²) in [5.74, 6) is 1.87. The molecule has 0 bridgehead atoms. The number of hydrogen-bond donors (Lipinski definition) is 2. The van der Waals surface area contributed by atoms with Crippen molar-refractivity contribution >= 4 is 55.7 Å². The zero-order chi connectivity index (χ0) is 29.7. The number of carbonyl (C=O) groups is 2. The Morgan fingerprint density at radius 3 is 2.76 bits per heavy atom. The van der Waals surface area contributed by atoms with E-state index in [4.69, 9.17) is 12.2 Å². The summed E-state index contributed by atoms with van der Waals surface area (Å²) < 4.78 is 1.11. The second kappa shape index (κ2) is 12.2. The number of nitro groups is 1. The number of quaternary nitrogens is 1. The van der Waals surface area contributed by atoms with Crippen molar-refractivity contribution in [3.8, 4) is 12.3 Å². The molecule has 3 N–H and O–H groups in total. The Morgan fingerprint density at radius 2 is 2.05 bits per heavy atom. The molecule has 0 unspecified atom stereocenters. The van der Waals surface area contributed by atoms with Gasteiger partial charge in [-0.2, -0.15) is 0 Å². The van der Waals surface area contributed by atoms with Crippen LogP contribution in [0.3, 0.4) is 0 Å². The number of benzene rings is 1. The molecule has 1 amide bonds. The van der Waals surface area contributed by atoms with Crippen molar-refractivity contribution in [3.63, 3.8) is 0 Å². The van der Waals surface area contributed by atoms with Crippen molar-refractivity contribution in [2.75, 3.05) is 32.5 Å². The monoisotopic (exact) mass is 617 g/mol. The van der Waals surface area contributed by atoms with Crippen LogP contribution >= 0.6 is 15.9 Å². The van der Waals surface area contributed by atoms with Crippen molar-refractivity contribution in [3.05, 3.63) is 86.2 Å². The van der Waals surface area contributed by atoms with Gasteiger partial charge in [-0.25, -0.2) is 9.97 Å². The fraction of sp³-hybridized carbons (Fsp3) is 0.214. The van der Waals surface area contributed by atoms with Gasteiger partial charge < -0.3 is 25.6 Å². The number of pyridine rings is 1. The number of rotatable bonds is 11. The predicted octanol–water partition coefficient (Wildman–Crippen LogP) is 3.07. The maximum Gasteiger partial charge on any atom is 0.369 e. The van der Waals surface area contributed by atoms with E-state index in [2.05, 4.69) is 47.1 Å². The molecule has 0 fully saturated rings. The van der Waals surface area contributed by atoms with E-state index in [0.717, 1.165) is 10.2 Å². The molecule has 0 atom stereocenters. The van der Waals surface area contributed by atoms with Gasteiger partial charge in [0, 0.05) is 26.8 Å². The maximum atomic E-state index is 12.7. The van der Waals surface area contributed by atoms with Crippen LogP contribution in [0.2, 0.25) is 0 Å². The number of anilines is 2. The normalized spacial score (nSPS) is 13.4. The van der Waals surface area contributed by atoms with Gasteiger partial charge in [-0.15, -0.1) is 6.42 Å². The Balaban J connectivity index is 1.42. The van der Waals surface area contributed by atoms with E-state index >= 15 is 0 Å². The zero-order valence-electron chi connectivity index (χ0n) is 22.3. The molecule has 3 heterocycles. The number of nitrogens with two attached hydrogens (primary N) is 1. The minimum Gasteiger partial charge on any atom is -0.363 e. The minimum atomic E-state index is -0.779. The Morgan fingerprint density at radius 1 is 1.27 bits per heavy atom. The van der Waals surface area contributed by atoms with Crippen molar-refractivity contribution < 1.29 is 19.0 Å². The first-order valence-electron chi connectivity index (χ1n) is 12.3. The summed E-state index contributed by atoms with van der Waals surface area (Å²) in [4.78, 5) is 51.7. The molecular formula is C28H26BrN8O4+. The van der Waals surface area contributed by atoms with Crippen LogP contribution < -0.4 is 11.1 Å². The molecule has 0 spiro atoms. The third-order valence-electron chi connectivity index (χ3n) is 6.24. The number of aromatic nitrogens is 3. The molecule has 4 rings (SSSR count). The number of nitrogens with zero attached hydrogens (tertiary/aromatic N) is 6. The quantitative estimate of drug-likeness (QED) is 0.109. The molecule has 1 aliphatic rings. The van der Waals surface area contributed by atoms with E-state index in [1.54, 1.807) is 18.3 Å². The fourth-order valence-electron chi connectivity index (χ4n) is 4.30. The van der Waals surface area contributed by atoms with Crippen LogP contribution in [-0.4, -0.2) is 68.9 Å². The number of amides is 1. The van der Waals surface area contributed by atoms with Gasteiger partial charge in [0.2, 0.25) is 5.71 Å². The lowest BCUT2D eigenvalue weighted by atomic mass is 10.1. The average molecular weight is 618 g/mol. The molecular weight excluding hydrogens is 592 g/mol. The smallest absolute Gasteiger partial charge is 0.363 e. The van der Waals surface area contributed by atoms with Crippen LogP contribution in [0.4, 0.5) is 11.5 Å². The lowest BCUT2D eigenvalue weighted by Gasteiger charge is -2.28. The summed E-state index contributed by atoms with van der Waals surface area (Å²) >= 11 is 3.42. The molecule has 2 aromatic heterocycles. The molecule has 0 radical (unpaired) electrons. The first kappa shape index (κ1) is 29.2. The van der Waals surface area contributed by atoms with Gasteiger partial charge in [0.15, 0.2) is 5.78 Å². The molecule has 3 aromatic rings. The summed E-state index contributed by atoms with van der Waals surface area (Å²) in [5, 5.41) is 15.3. The highest BCUT2D eigenvalue weighted by Gasteiger charge is 2.35. The maximum absolute atomic E-state index is 12.7. The number of ketones is 1. The van der Waals surface area contributed by atoms with E-state index in [9.17, 15) is 19.7 Å². The molecule has 41 heavy (non-hydrogen) atoms. The van der Waals surface area contributed by atoms with Gasteiger partial charge in [-0.1, -0.05) is 5.92 Å². The highest BCUT2D eigenvalue weighted by molar-refractivity contribution is 9.10.